The van der Waals surface area contributed by atoms with Crippen LogP contribution in [0.25, 0.3) is 0 Å². The lowest BCUT2D eigenvalue weighted by atomic mass is 10.1. The molecule has 2 rings (SSSR count). The molecule has 2 nitrogen and oxygen atoms in total. The molecule has 1 saturated heterocycles. The van der Waals surface area contributed by atoms with Crippen LogP contribution in [0.4, 0.5) is 0 Å². The number of pyridine rings is 1. The summed E-state index contributed by atoms with van der Waals surface area (Å²) in [5.41, 5.74) is 1.45. The number of thioether (sulfide) groups is 1. The third-order valence-corrected chi connectivity index (χ3v) is 4.42. The van der Waals surface area contributed by atoms with E-state index in [1.165, 1.54) is 42.9 Å². The minimum atomic E-state index is 0.597. The summed E-state index contributed by atoms with van der Waals surface area (Å²) in [6, 6.07) is 4.96. The van der Waals surface area contributed by atoms with Crippen LogP contribution in [0.5, 0.6) is 0 Å². The van der Waals surface area contributed by atoms with E-state index in [1.54, 1.807) is 0 Å². The summed E-state index contributed by atoms with van der Waals surface area (Å²) in [5.74, 6) is 0. The molecule has 1 aromatic heterocycles. The van der Waals surface area contributed by atoms with Crippen molar-refractivity contribution in [2.75, 3.05) is 13.1 Å². The van der Waals surface area contributed by atoms with Gasteiger partial charge in [-0.2, -0.15) is 0 Å². The van der Waals surface area contributed by atoms with Gasteiger partial charge in [-0.1, -0.05) is 26.8 Å². The zero-order valence-corrected chi connectivity index (χ0v) is 12.5. The number of aromatic nitrogens is 1. The molecule has 3 heteroatoms. The molecular weight excluding hydrogens is 240 g/mol. The van der Waals surface area contributed by atoms with Crippen molar-refractivity contribution in [3.63, 3.8) is 0 Å². The molecule has 1 aliphatic rings. The zero-order valence-electron chi connectivity index (χ0n) is 11.7. The lowest BCUT2D eigenvalue weighted by molar-refractivity contribution is 0.254. The Bertz CT molecular complexity index is 379. The maximum Gasteiger partial charge on any atom is 0.101 e. The van der Waals surface area contributed by atoms with E-state index in [1.807, 2.05) is 18.0 Å². The highest BCUT2D eigenvalue weighted by Crippen LogP contribution is 2.37. The average Bonchev–Trinajstić information content (AvgIpc) is 2.78. The predicted molar refractivity (Wildman–Crippen MR) is 79.1 cm³/mol. The van der Waals surface area contributed by atoms with Crippen LogP contribution in [0.15, 0.2) is 23.4 Å². The van der Waals surface area contributed by atoms with Gasteiger partial charge in [-0.3, -0.25) is 4.90 Å². The van der Waals surface area contributed by atoms with Crippen molar-refractivity contribution in [3.05, 3.63) is 23.9 Å². The molecule has 1 fully saturated rings. The van der Waals surface area contributed by atoms with Crippen LogP contribution in [0, 0.1) is 0 Å². The van der Waals surface area contributed by atoms with Gasteiger partial charge in [0.15, 0.2) is 0 Å². The first-order valence-corrected chi connectivity index (χ1v) is 7.96. The highest BCUT2D eigenvalue weighted by Gasteiger charge is 2.27. The normalized spacial score (nSPS) is 20.8. The van der Waals surface area contributed by atoms with E-state index in [4.69, 9.17) is 0 Å². The van der Waals surface area contributed by atoms with Gasteiger partial charge in [0, 0.05) is 23.1 Å². The van der Waals surface area contributed by atoms with Gasteiger partial charge in [-0.15, -0.1) is 11.8 Å². The third-order valence-electron chi connectivity index (χ3n) is 3.38. The van der Waals surface area contributed by atoms with Crippen LogP contribution in [0.3, 0.4) is 0 Å². The second kappa shape index (κ2) is 6.58. The SMILES string of the molecule is CCCN1CCC[C@H]1c1cccnc1SC(C)C. The summed E-state index contributed by atoms with van der Waals surface area (Å²) < 4.78 is 0. The lowest BCUT2D eigenvalue weighted by Gasteiger charge is -2.25. The predicted octanol–water partition coefficient (Wildman–Crippen LogP) is 4.13. The molecule has 0 unspecified atom stereocenters. The monoisotopic (exact) mass is 264 g/mol. The summed E-state index contributed by atoms with van der Waals surface area (Å²) >= 11 is 1.89. The van der Waals surface area contributed by atoms with E-state index >= 15 is 0 Å². The molecular formula is C15H24N2S. The molecule has 18 heavy (non-hydrogen) atoms. The fraction of sp³-hybridized carbons (Fsp3) is 0.667. The average molecular weight is 264 g/mol. The Morgan fingerprint density at radius 3 is 3.06 bits per heavy atom. The first-order chi connectivity index (χ1) is 8.72. The topological polar surface area (TPSA) is 16.1 Å². The van der Waals surface area contributed by atoms with Gasteiger partial charge < -0.3 is 0 Å². The lowest BCUT2D eigenvalue weighted by Crippen LogP contribution is -2.24. The molecule has 0 radical (unpaired) electrons. The van der Waals surface area contributed by atoms with Gasteiger partial charge in [-0.05, 0) is 38.4 Å². The summed E-state index contributed by atoms with van der Waals surface area (Å²) in [6.07, 6.45) is 5.78. The minimum Gasteiger partial charge on any atom is -0.296 e. The van der Waals surface area contributed by atoms with Crippen molar-refractivity contribution in [2.24, 2.45) is 0 Å². The Labute approximate surface area is 115 Å². The molecule has 1 aliphatic heterocycles. The Balaban J connectivity index is 2.20. The summed E-state index contributed by atoms with van der Waals surface area (Å²) in [4.78, 5) is 7.22. The van der Waals surface area contributed by atoms with E-state index < -0.39 is 0 Å². The first kappa shape index (κ1) is 13.9. The van der Waals surface area contributed by atoms with Crippen LogP contribution in [-0.2, 0) is 0 Å². The third kappa shape index (κ3) is 3.27. The fourth-order valence-electron chi connectivity index (χ4n) is 2.71. The van der Waals surface area contributed by atoms with Crippen molar-refractivity contribution in [3.8, 4) is 0 Å². The van der Waals surface area contributed by atoms with Crippen LogP contribution in [0.1, 0.15) is 51.6 Å². The van der Waals surface area contributed by atoms with Crippen molar-refractivity contribution >= 4 is 11.8 Å². The molecule has 1 atom stereocenters. The van der Waals surface area contributed by atoms with E-state index in [2.05, 4.69) is 42.8 Å². The van der Waals surface area contributed by atoms with E-state index in [-0.39, 0.29) is 0 Å². The van der Waals surface area contributed by atoms with Gasteiger partial charge in [-0.25, -0.2) is 4.98 Å². The minimum absolute atomic E-state index is 0.597. The van der Waals surface area contributed by atoms with E-state index in [9.17, 15) is 0 Å². The smallest absolute Gasteiger partial charge is 0.101 e. The molecule has 0 saturated carbocycles. The summed E-state index contributed by atoms with van der Waals surface area (Å²) in [5, 5.41) is 1.83. The highest BCUT2D eigenvalue weighted by molar-refractivity contribution is 7.99. The van der Waals surface area contributed by atoms with Gasteiger partial charge in [0.2, 0.25) is 0 Å². The van der Waals surface area contributed by atoms with Crippen molar-refractivity contribution < 1.29 is 0 Å². The second-order valence-corrected chi connectivity index (χ2v) is 6.82. The fourth-order valence-corrected chi connectivity index (χ4v) is 3.62. The molecule has 0 aliphatic carbocycles. The van der Waals surface area contributed by atoms with E-state index in [0.717, 1.165) is 0 Å². The number of hydrogen-bond donors (Lipinski definition) is 0. The van der Waals surface area contributed by atoms with Crippen molar-refractivity contribution in [2.45, 2.75) is 56.4 Å². The maximum absolute atomic E-state index is 4.59. The number of likely N-dealkylation sites (tertiary alicyclic amines) is 1. The molecule has 0 N–H and O–H groups in total. The van der Waals surface area contributed by atoms with Crippen molar-refractivity contribution in [1.82, 2.24) is 9.88 Å². The van der Waals surface area contributed by atoms with E-state index in [0.29, 0.717) is 11.3 Å². The molecule has 0 amide bonds. The zero-order chi connectivity index (χ0) is 13.0. The molecule has 2 heterocycles. The Morgan fingerprint density at radius 1 is 1.50 bits per heavy atom. The van der Waals surface area contributed by atoms with Gasteiger partial charge in [0.25, 0.3) is 0 Å². The maximum atomic E-state index is 4.59. The van der Waals surface area contributed by atoms with Crippen LogP contribution < -0.4 is 0 Å². The summed E-state index contributed by atoms with van der Waals surface area (Å²) in [7, 11) is 0. The van der Waals surface area contributed by atoms with Crippen LogP contribution >= 0.6 is 11.8 Å². The van der Waals surface area contributed by atoms with Gasteiger partial charge in [0.1, 0.15) is 5.03 Å². The van der Waals surface area contributed by atoms with Gasteiger partial charge >= 0.3 is 0 Å². The van der Waals surface area contributed by atoms with Gasteiger partial charge in [0.05, 0.1) is 0 Å². The number of nitrogens with zero attached hydrogens (tertiary/aromatic N) is 2. The van der Waals surface area contributed by atoms with Crippen molar-refractivity contribution in [1.29, 1.82) is 0 Å². The quantitative estimate of drug-likeness (QED) is 0.744. The standard InChI is InChI=1S/C15H24N2S/c1-4-10-17-11-6-8-14(17)13-7-5-9-16-15(13)18-12(2)3/h5,7,9,12,14H,4,6,8,10-11H2,1-3H3/t14-/m0/s1. The largest absolute Gasteiger partial charge is 0.296 e. The second-order valence-electron chi connectivity index (χ2n) is 5.26. The highest BCUT2D eigenvalue weighted by atomic mass is 32.2. The van der Waals surface area contributed by atoms with Crippen LogP contribution in [-0.4, -0.2) is 28.2 Å². The Kier molecular flexibility index (Phi) is 5.07. The van der Waals surface area contributed by atoms with Crippen LogP contribution in [0.2, 0.25) is 0 Å². The molecule has 0 spiro atoms. The molecule has 0 aromatic carbocycles. The Hall–Kier alpha value is -0.540. The number of hydrogen-bond acceptors (Lipinski definition) is 3. The Morgan fingerprint density at radius 2 is 2.33 bits per heavy atom. The number of rotatable bonds is 5. The molecule has 0 bridgehead atoms. The first-order valence-electron chi connectivity index (χ1n) is 7.08. The molecule has 100 valence electrons. The summed E-state index contributed by atoms with van der Waals surface area (Å²) in [6.45, 7) is 9.20. The molecule has 1 aromatic rings.